The topological polar surface area (TPSA) is 74.8 Å². The quantitative estimate of drug-likeness (QED) is 0.766. The number of aromatic nitrogens is 1. The molecule has 2 fully saturated rings. The zero-order valence-electron chi connectivity index (χ0n) is 17.5. The summed E-state index contributed by atoms with van der Waals surface area (Å²) in [6, 6.07) is 10.2. The van der Waals surface area contributed by atoms with Crippen molar-refractivity contribution in [3.8, 4) is 11.3 Å². The van der Waals surface area contributed by atoms with E-state index in [1.807, 2.05) is 44.2 Å². The van der Waals surface area contributed by atoms with Gasteiger partial charge < -0.3 is 15.0 Å². The fraction of sp³-hybridized carbons (Fsp3) is 0.500. The Bertz CT molecular complexity index is 893. The van der Waals surface area contributed by atoms with Crippen LogP contribution in [0.5, 0.6) is 0 Å². The van der Waals surface area contributed by atoms with Crippen LogP contribution in [0.2, 0.25) is 0 Å². The third-order valence-electron chi connectivity index (χ3n) is 5.60. The summed E-state index contributed by atoms with van der Waals surface area (Å²) in [7, 11) is 0. The number of likely N-dealkylation sites (tertiary alicyclic amines) is 1. The van der Waals surface area contributed by atoms with Crippen LogP contribution in [0.1, 0.15) is 25.1 Å². The largest absolute Gasteiger partial charge is 0.379 e. The van der Waals surface area contributed by atoms with Crippen molar-refractivity contribution in [1.29, 1.82) is 0 Å². The summed E-state index contributed by atoms with van der Waals surface area (Å²) >= 11 is 1.52. The van der Waals surface area contributed by atoms with Gasteiger partial charge in [0.05, 0.1) is 24.8 Å². The molecule has 1 N–H and O–H groups in total. The second kappa shape index (κ2) is 9.24. The smallest absolute Gasteiger partial charge is 0.231 e. The fourth-order valence-corrected chi connectivity index (χ4v) is 4.94. The molecule has 0 bridgehead atoms. The number of morpholine rings is 1. The highest BCUT2D eigenvalue weighted by Crippen LogP contribution is 2.33. The molecule has 0 spiro atoms. The fourth-order valence-electron chi connectivity index (χ4n) is 3.91. The van der Waals surface area contributed by atoms with Crippen LogP contribution in [-0.2, 0) is 20.9 Å². The Hall–Kier alpha value is -2.29. The van der Waals surface area contributed by atoms with E-state index in [0.717, 1.165) is 49.0 Å². The minimum absolute atomic E-state index is 0.0438. The van der Waals surface area contributed by atoms with E-state index < -0.39 is 0 Å². The van der Waals surface area contributed by atoms with Crippen molar-refractivity contribution < 1.29 is 14.3 Å². The van der Waals surface area contributed by atoms with Crippen molar-refractivity contribution in [1.82, 2.24) is 14.8 Å². The molecule has 2 saturated heterocycles. The number of rotatable bonds is 6. The molecule has 4 rings (SSSR count). The van der Waals surface area contributed by atoms with Crippen molar-refractivity contribution >= 4 is 28.3 Å². The van der Waals surface area contributed by atoms with Gasteiger partial charge >= 0.3 is 0 Å². The third kappa shape index (κ3) is 4.71. The number of ether oxygens (including phenoxy) is 1. The maximum absolute atomic E-state index is 12.8. The summed E-state index contributed by atoms with van der Waals surface area (Å²) in [5.41, 5.74) is 1.95. The number of thiazole rings is 1. The first-order valence-electron chi connectivity index (χ1n) is 10.5. The first kappa shape index (κ1) is 21.0. The minimum Gasteiger partial charge on any atom is -0.379 e. The first-order chi connectivity index (χ1) is 14.5. The lowest BCUT2D eigenvalue weighted by Crippen LogP contribution is -2.35. The third-order valence-corrected chi connectivity index (χ3v) is 6.55. The minimum atomic E-state index is -0.327. The summed E-state index contributed by atoms with van der Waals surface area (Å²) in [6.45, 7) is 8.47. The van der Waals surface area contributed by atoms with Gasteiger partial charge in [-0.25, -0.2) is 4.98 Å². The monoisotopic (exact) mass is 428 g/mol. The molecule has 2 amide bonds. The lowest BCUT2D eigenvalue weighted by atomic mass is 10.1. The molecule has 1 unspecified atom stereocenters. The van der Waals surface area contributed by atoms with Crippen molar-refractivity contribution in [2.45, 2.75) is 32.9 Å². The molecule has 0 saturated carbocycles. The van der Waals surface area contributed by atoms with Gasteiger partial charge in [-0.2, -0.15) is 0 Å². The van der Waals surface area contributed by atoms with Crippen molar-refractivity contribution in [2.75, 3.05) is 38.2 Å². The number of amides is 2. The standard InChI is InChI=1S/C22H28N4O3S/c1-15(2)26-13-17(12-19(26)27)21(28)24-22-23-20(16-6-4-3-5-7-16)18(30-22)14-25-8-10-29-11-9-25/h3-7,15,17H,8-14H2,1-2H3,(H,23,24,28). The maximum Gasteiger partial charge on any atom is 0.231 e. The SMILES string of the molecule is CC(C)N1CC(C(=O)Nc2nc(-c3ccccc3)c(CN3CCOCC3)s2)CC1=O. The lowest BCUT2D eigenvalue weighted by Gasteiger charge is -2.26. The van der Waals surface area contributed by atoms with E-state index in [4.69, 9.17) is 9.72 Å². The van der Waals surface area contributed by atoms with E-state index in [-0.39, 0.29) is 30.2 Å². The average Bonchev–Trinajstić information content (AvgIpc) is 3.33. The second-order valence-corrected chi connectivity index (χ2v) is 9.16. The number of nitrogens with zero attached hydrogens (tertiary/aromatic N) is 3. The zero-order chi connectivity index (χ0) is 21.1. The van der Waals surface area contributed by atoms with Gasteiger partial charge in [-0.05, 0) is 13.8 Å². The highest BCUT2D eigenvalue weighted by molar-refractivity contribution is 7.16. The molecule has 3 heterocycles. The number of carbonyl (C=O) groups is 2. The van der Waals surface area contributed by atoms with Gasteiger partial charge in [-0.1, -0.05) is 41.7 Å². The van der Waals surface area contributed by atoms with Gasteiger partial charge in [0, 0.05) is 49.1 Å². The van der Waals surface area contributed by atoms with E-state index in [1.165, 1.54) is 11.3 Å². The Morgan fingerprint density at radius 3 is 2.67 bits per heavy atom. The Morgan fingerprint density at radius 2 is 2.00 bits per heavy atom. The van der Waals surface area contributed by atoms with Crippen molar-refractivity contribution in [3.63, 3.8) is 0 Å². The van der Waals surface area contributed by atoms with Crippen LogP contribution < -0.4 is 5.32 Å². The summed E-state index contributed by atoms with van der Waals surface area (Å²) in [6.07, 6.45) is 0.265. The van der Waals surface area contributed by atoms with E-state index in [9.17, 15) is 9.59 Å². The highest BCUT2D eigenvalue weighted by Gasteiger charge is 2.35. The van der Waals surface area contributed by atoms with Gasteiger partial charge in [0.15, 0.2) is 5.13 Å². The zero-order valence-corrected chi connectivity index (χ0v) is 18.3. The molecule has 0 aliphatic carbocycles. The number of hydrogen-bond donors (Lipinski definition) is 1. The average molecular weight is 429 g/mol. The van der Waals surface area contributed by atoms with E-state index in [1.54, 1.807) is 4.90 Å². The van der Waals surface area contributed by atoms with Crippen LogP contribution in [0.4, 0.5) is 5.13 Å². The Morgan fingerprint density at radius 1 is 1.27 bits per heavy atom. The lowest BCUT2D eigenvalue weighted by molar-refractivity contribution is -0.129. The Balaban J connectivity index is 1.52. The highest BCUT2D eigenvalue weighted by atomic mass is 32.1. The van der Waals surface area contributed by atoms with Crippen molar-refractivity contribution in [3.05, 3.63) is 35.2 Å². The second-order valence-electron chi connectivity index (χ2n) is 8.08. The molecular formula is C22H28N4O3S. The molecule has 2 aliphatic rings. The van der Waals surface area contributed by atoms with Crippen LogP contribution in [-0.4, -0.2) is 65.5 Å². The summed E-state index contributed by atoms with van der Waals surface area (Å²) in [5, 5.41) is 3.57. The van der Waals surface area contributed by atoms with E-state index in [2.05, 4.69) is 10.2 Å². The number of hydrogen-bond acceptors (Lipinski definition) is 6. The number of carbonyl (C=O) groups excluding carboxylic acids is 2. The number of anilines is 1. The van der Waals surface area contributed by atoms with Gasteiger partial charge in [0.25, 0.3) is 0 Å². The molecule has 0 radical (unpaired) electrons. The van der Waals surface area contributed by atoms with Crippen LogP contribution in [0.15, 0.2) is 30.3 Å². The molecule has 2 aromatic rings. The molecule has 7 nitrogen and oxygen atoms in total. The molecule has 30 heavy (non-hydrogen) atoms. The Labute approximate surface area is 181 Å². The predicted molar refractivity (Wildman–Crippen MR) is 117 cm³/mol. The summed E-state index contributed by atoms with van der Waals surface area (Å²) in [5.74, 6) is -0.410. The molecule has 1 atom stereocenters. The summed E-state index contributed by atoms with van der Waals surface area (Å²) in [4.78, 5) is 35.0. The molecule has 1 aromatic heterocycles. The van der Waals surface area contributed by atoms with Crippen molar-refractivity contribution in [2.24, 2.45) is 5.92 Å². The van der Waals surface area contributed by atoms with Crippen LogP contribution in [0, 0.1) is 5.92 Å². The normalized spacial score (nSPS) is 20.2. The first-order valence-corrected chi connectivity index (χ1v) is 11.3. The maximum atomic E-state index is 12.8. The van der Waals surface area contributed by atoms with Crippen LogP contribution in [0.3, 0.4) is 0 Å². The van der Waals surface area contributed by atoms with Gasteiger partial charge in [0.1, 0.15) is 0 Å². The van der Waals surface area contributed by atoms with E-state index in [0.29, 0.717) is 11.7 Å². The predicted octanol–water partition coefficient (Wildman–Crippen LogP) is 2.84. The van der Waals surface area contributed by atoms with E-state index >= 15 is 0 Å². The molecule has 1 aromatic carbocycles. The van der Waals surface area contributed by atoms with Crippen LogP contribution in [0.25, 0.3) is 11.3 Å². The number of nitrogens with one attached hydrogen (secondary N) is 1. The Kier molecular flexibility index (Phi) is 6.46. The number of benzene rings is 1. The molecule has 160 valence electrons. The molecule has 8 heteroatoms. The molecular weight excluding hydrogens is 400 g/mol. The molecule has 2 aliphatic heterocycles. The summed E-state index contributed by atoms with van der Waals surface area (Å²) < 4.78 is 5.46. The van der Waals surface area contributed by atoms with Gasteiger partial charge in [-0.3, -0.25) is 14.5 Å². The van der Waals surface area contributed by atoms with Crippen LogP contribution >= 0.6 is 11.3 Å². The van der Waals surface area contributed by atoms with Gasteiger partial charge in [-0.15, -0.1) is 0 Å². The van der Waals surface area contributed by atoms with Gasteiger partial charge in [0.2, 0.25) is 11.8 Å².